The third-order valence-corrected chi connectivity index (χ3v) is 4.18. The lowest BCUT2D eigenvalue weighted by Crippen LogP contribution is -2.34. The van der Waals surface area contributed by atoms with Crippen molar-refractivity contribution in [3.05, 3.63) is 57.6 Å². The Hall–Kier alpha value is -1.95. The maximum absolute atomic E-state index is 13.7. The Balaban J connectivity index is 1.75. The highest BCUT2D eigenvalue weighted by molar-refractivity contribution is 9.10. The molecule has 1 aliphatic rings. The summed E-state index contributed by atoms with van der Waals surface area (Å²) in [5.41, 5.74) is 2.99. The molecule has 0 atom stereocenters. The summed E-state index contributed by atoms with van der Waals surface area (Å²) in [7, 11) is 1.80. The molecule has 0 unspecified atom stereocenters. The van der Waals surface area contributed by atoms with E-state index < -0.39 is 0 Å². The van der Waals surface area contributed by atoms with Gasteiger partial charge in [0.05, 0.1) is 12.2 Å². The summed E-state index contributed by atoms with van der Waals surface area (Å²) in [5, 5.41) is 3.15. The van der Waals surface area contributed by atoms with Gasteiger partial charge in [0.15, 0.2) is 0 Å². The first-order chi connectivity index (χ1) is 10.5. The highest BCUT2D eigenvalue weighted by Gasteiger charge is 2.21. The van der Waals surface area contributed by atoms with E-state index in [-0.39, 0.29) is 11.7 Å². The van der Waals surface area contributed by atoms with E-state index in [1.54, 1.807) is 18.1 Å². The number of carbonyl (C=O) groups excluding carboxylic acids is 1. The van der Waals surface area contributed by atoms with Gasteiger partial charge in [0.1, 0.15) is 5.82 Å². The van der Waals surface area contributed by atoms with Crippen LogP contribution in [0.3, 0.4) is 0 Å². The van der Waals surface area contributed by atoms with E-state index in [0.717, 1.165) is 29.8 Å². The van der Waals surface area contributed by atoms with Gasteiger partial charge in [-0.05, 0) is 52.2 Å². The minimum atomic E-state index is -0.350. The molecule has 0 saturated heterocycles. The van der Waals surface area contributed by atoms with Crippen LogP contribution in [-0.4, -0.2) is 29.4 Å². The zero-order chi connectivity index (χ0) is 15.7. The molecule has 0 aliphatic carbocycles. The molecule has 6 heteroatoms. The zero-order valence-electron chi connectivity index (χ0n) is 12.1. The van der Waals surface area contributed by atoms with Crippen molar-refractivity contribution >= 4 is 27.5 Å². The van der Waals surface area contributed by atoms with Crippen molar-refractivity contribution in [3.8, 4) is 0 Å². The van der Waals surface area contributed by atoms with Crippen molar-refractivity contribution in [2.45, 2.75) is 13.0 Å². The van der Waals surface area contributed by atoms with Crippen LogP contribution in [0.4, 0.5) is 10.1 Å². The van der Waals surface area contributed by atoms with Crippen LogP contribution in [0.2, 0.25) is 0 Å². The number of likely N-dealkylation sites (N-methyl/N-ethyl adjacent to an activating group) is 1. The molecule has 0 fully saturated rings. The standard InChI is InChI=1S/C16H15BrFN3O/c1-21-5-4-10-6-12(2-3-13(10)16(21)22)19-9-15-14(18)7-11(17)8-20-15/h2-3,6-8,19H,4-5,9H2,1H3. The number of amides is 1. The number of halogens is 2. The number of hydrogen-bond donors (Lipinski definition) is 1. The van der Waals surface area contributed by atoms with Crippen LogP contribution in [0, 0.1) is 5.82 Å². The minimum absolute atomic E-state index is 0.0495. The Morgan fingerprint density at radius 1 is 1.41 bits per heavy atom. The average molecular weight is 364 g/mol. The van der Waals surface area contributed by atoms with E-state index in [9.17, 15) is 9.18 Å². The molecule has 1 aromatic heterocycles. The molecule has 1 aliphatic heterocycles. The molecule has 114 valence electrons. The fourth-order valence-corrected chi connectivity index (χ4v) is 2.78. The number of fused-ring (bicyclic) bond motifs is 1. The third-order valence-electron chi connectivity index (χ3n) is 3.74. The fraction of sp³-hybridized carbons (Fsp3) is 0.250. The van der Waals surface area contributed by atoms with Gasteiger partial charge in [0.2, 0.25) is 0 Å². The predicted octanol–water partition coefficient (Wildman–Crippen LogP) is 3.22. The van der Waals surface area contributed by atoms with Crippen molar-refractivity contribution < 1.29 is 9.18 Å². The van der Waals surface area contributed by atoms with E-state index in [0.29, 0.717) is 16.7 Å². The molecule has 0 spiro atoms. The molecule has 0 saturated carbocycles. The molecular weight excluding hydrogens is 349 g/mol. The summed E-state index contributed by atoms with van der Waals surface area (Å²) in [6.07, 6.45) is 2.40. The molecule has 1 aromatic carbocycles. The van der Waals surface area contributed by atoms with Gasteiger partial charge in [-0.15, -0.1) is 0 Å². The van der Waals surface area contributed by atoms with Crippen molar-refractivity contribution in [3.63, 3.8) is 0 Å². The third kappa shape index (κ3) is 2.97. The Labute approximate surface area is 136 Å². The molecule has 4 nitrogen and oxygen atoms in total. The zero-order valence-corrected chi connectivity index (χ0v) is 13.7. The Bertz CT molecular complexity index is 735. The second kappa shape index (κ2) is 6.04. The molecule has 2 heterocycles. The van der Waals surface area contributed by atoms with Gasteiger partial charge in [-0.3, -0.25) is 9.78 Å². The number of benzene rings is 1. The van der Waals surface area contributed by atoms with Gasteiger partial charge in [0.25, 0.3) is 5.91 Å². The minimum Gasteiger partial charge on any atom is -0.379 e. The summed E-state index contributed by atoms with van der Waals surface area (Å²) >= 11 is 3.19. The molecule has 3 rings (SSSR count). The largest absolute Gasteiger partial charge is 0.379 e. The van der Waals surface area contributed by atoms with Gasteiger partial charge < -0.3 is 10.2 Å². The molecule has 0 radical (unpaired) electrons. The van der Waals surface area contributed by atoms with Gasteiger partial charge in [0, 0.05) is 35.5 Å². The second-order valence-corrected chi connectivity index (χ2v) is 6.20. The van der Waals surface area contributed by atoms with E-state index >= 15 is 0 Å². The lowest BCUT2D eigenvalue weighted by Gasteiger charge is -2.25. The predicted molar refractivity (Wildman–Crippen MR) is 86.3 cm³/mol. The SMILES string of the molecule is CN1CCc2cc(NCc3ncc(Br)cc3F)ccc2C1=O. The maximum atomic E-state index is 13.7. The first-order valence-electron chi connectivity index (χ1n) is 6.97. The van der Waals surface area contributed by atoms with Crippen LogP contribution >= 0.6 is 15.9 Å². The number of pyridine rings is 1. The van der Waals surface area contributed by atoms with Crippen LogP contribution in [0.25, 0.3) is 0 Å². The van der Waals surface area contributed by atoms with E-state index in [2.05, 4.69) is 26.2 Å². The second-order valence-electron chi connectivity index (χ2n) is 5.28. The first-order valence-corrected chi connectivity index (χ1v) is 7.76. The highest BCUT2D eigenvalue weighted by atomic mass is 79.9. The van der Waals surface area contributed by atoms with E-state index in [1.807, 2.05) is 18.2 Å². The van der Waals surface area contributed by atoms with Gasteiger partial charge >= 0.3 is 0 Å². The monoisotopic (exact) mass is 363 g/mol. The Morgan fingerprint density at radius 2 is 2.23 bits per heavy atom. The topological polar surface area (TPSA) is 45.2 Å². The van der Waals surface area contributed by atoms with Crippen LogP contribution in [0.15, 0.2) is 34.9 Å². The smallest absolute Gasteiger partial charge is 0.253 e. The lowest BCUT2D eigenvalue weighted by molar-refractivity contribution is 0.0781. The molecule has 2 aromatic rings. The van der Waals surface area contributed by atoms with Crippen molar-refractivity contribution in [1.82, 2.24) is 9.88 Å². The lowest BCUT2D eigenvalue weighted by atomic mass is 9.98. The molecule has 22 heavy (non-hydrogen) atoms. The normalized spacial score (nSPS) is 14.0. The summed E-state index contributed by atoms with van der Waals surface area (Å²) in [4.78, 5) is 17.8. The fourth-order valence-electron chi connectivity index (χ4n) is 2.47. The van der Waals surface area contributed by atoms with Crippen LogP contribution in [0.1, 0.15) is 21.6 Å². The van der Waals surface area contributed by atoms with Gasteiger partial charge in [-0.1, -0.05) is 0 Å². The quantitative estimate of drug-likeness (QED) is 0.910. The first kappa shape index (κ1) is 15.0. The van der Waals surface area contributed by atoms with E-state index in [4.69, 9.17) is 0 Å². The number of hydrogen-bond acceptors (Lipinski definition) is 3. The summed E-state index contributed by atoms with van der Waals surface area (Å²) < 4.78 is 14.4. The van der Waals surface area contributed by atoms with Gasteiger partial charge in [-0.25, -0.2) is 4.39 Å². The van der Waals surface area contributed by atoms with Crippen LogP contribution < -0.4 is 5.32 Å². The Kier molecular flexibility index (Phi) is 4.11. The molecule has 1 N–H and O–H groups in total. The Morgan fingerprint density at radius 3 is 3.00 bits per heavy atom. The van der Waals surface area contributed by atoms with Crippen LogP contribution in [-0.2, 0) is 13.0 Å². The van der Waals surface area contributed by atoms with Crippen molar-refractivity contribution in [1.29, 1.82) is 0 Å². The van der Waals surface area contributed by atoms with E-state index in [1.165, 1.54) is 6.07 Å². The average Bonchev–Trinajstić information content (AvgIpc) is 2.50. The van der Waals surface area contributed by atoms with Gasteiger partial charge in [-0.2, -0.15) is 0 Å². The summed E-state index contributed by atoms with van der Waals surface area (Å²) in [6.45, 7) is 1.02. The number of nitrogens with zero attached hydrogens (tertiary/aromatic N) is 2. The van der Waals surface area contributed by atoms with Crippen LogP contribution in [0.5, 0.6) is 0 Å². The van der Waals surface area contributed by atoms with Crippen molar-refractivity contribution in [2.75, 3.05) is 18.9 Å². The highest BCUT2D eigenvalue weighted by Crippen LogP contribution is 2.22. The summed E-state index contributed by atoms with van der Waals surface area (Å²) in [5.74, 6) is -0.301. The number of nitrogens with one attached hydrogen (secondary N) is 1. The summed E-state index contributed by atoms with van der Waals surface area (Å²) in [6, 6.07) is 7.01. The maximum Gasteiger partial charge on any atom is 0.253 e. The molecule has 1 amide bonds. The number of aromatic nitrogens is 1. The number of anilines is 1. The molecular formula is C16H15BrFN3O. The van der Waals surface area contributed by atoms with Crippen molar-refractivity contribution in [2.24, 2.45) is 0 Å². The molecule has 0 bridgehead atoms. The number of carbonyl (C=O) groups is 1. The number of rotatable bonds is 3.